The molecular formula is C18H21N5O2. The lowest BCUT2D eigenvalue weighted by Crippen LogP contribution is -2.12. The van der Waals surface area contributed by atoms with Crippen molar-refractivity contribution in [2.24, 2.45) is 0 Å². The number of nitrogens with zero attached hydrogens (tertiary/aromatic N) is 4. The van der Waals surface area contributed by atoms with Crippen molar-refractivity contribution in [1.29, 1.82) is 0 Å². The summed E-state index contributed by atoms with van der Waals surface area (Å²) in [6, 6.07) is 9.62. The van der Waals surface area contributed by atoms with E-state index in [0.717, 1.165) is 11.3 Å². The number of carbonyl (C=O) groups is 1. The first-order chi connectivity index (χ1) is 12.1. The Balaban J connectivity index is 1.48. The molecule has 0 saturated carbocycles. The minimum atomic E-state index is -0.0795. The highest BCUT2D eigenvalue weighted by Gasteiger charge is 2.11. The molecule has 25 heavy (non-hydrogen) atoms. The zero-order chi connectivity index (χ0) is 17.6. The standard InChI is InChI=1S/C18H21N5O2/c1-13(2)18-21-17(25-22-18)9-8-16(24)20-15-6-4-14(5-7-15)12-23-11-3-10-19-23/h3-7,10-11,13H,8-9,12H2,1-2H3,(H,20,24). The molecule has 0 saturated heterocycles. The second kappa shape index (κ2) is 7.74. The lowest BCUT2D eigenvalue weighted by molar-refractivity contribution is -0.116. The van der Waals surface area contributed by atoms with Crippen molar-refractivity contribution in [3.05, 3.63) is 60.0 Å². The van der Waals surface area contributed by atoms with Crippen LogP contribution >= 0.6 is 0 Å². The maximum absolute atomic E-state index is 12.1. The van der Waals surface area contributed by atoms with E-state index in [1.54, 1.807) is 6.20 Å². The average Bonchev–Trinajstić information content (AvgIpc) is 3.26. The van der Waals surface area contributed by atoms with Gasteiger partial charge in [0.2, 0.25) is 11.8 Å². The Labute approximate surface area is 146 Å². The molecule has 7 nitrogen and oxygen atoms in total. The molecule has 0 unspecified atom stereocenters. The van der Waals surface area contributed by atoms with E-state index in [1.165, 1.54) is 0 Å². The first-order valence-corrected chi connectivity index (χ1v) is 8.29. The average molecular weight is 339 g/mol. The van der Waals surface area contributed by atoms with Gasteiger partial charge in [0.25, 0.3) is 0 Å². The summed E-state index contributed by atoms with van der Waals surface area (Å²) in [5, 5.41) is 10.9. The van der Waals surface area contributed by atoms with Crippen LogP contribution in [0, 0.1) is 0 Å². The molecule has 0 radical (unpaired) electrons. The Kier molecular flexibility index (Phi) is 5.23. The zero-order valence-electron chi connectivity index (χ0n) is 14.3. The van der Waals surface area contributed by atoms with Gasteiger partial charge in [0.05, 0.1) is 6.54 Å². The molecule has 1 aromatic carbocycles. The second-order valence-corrected chi connectivity index (χ2v) is 6.15. The summed E-state index contributed by atoms with van der Waals surface area (Å²) in [6.45, 7) is 4.70. The number of rotatable bonds is 7. The number of nitrogens with one attached hydrogen (secondary N) is 1. The van der Waals surface area contributed by atoms with E-state index in [9.17, 15) is 4.79 Å². The lowest BCUT2D eigenvalue weighted by atomic mass is 10.2. The van der Waals surface area contributed by atoms with Gasteiger partial charge in [-0.2, -0.15) is 10.1 Å². The molecule has 3 aromatic rings. The second-order valence-electron chi connectivity index (χ2n) is 6.15. The maximum Gasteiger partial charge on any atom is 0.227 e. The van der Waals surface area contributed by atoms with Crippen LogP contribution in [0.15, 0.2) is 47.2 Å². The van der Waals surface area contributed by atoms with Gasteiger partial charge >= 0.3 is 0 Å². The number of amides is 1. The summed E-state index contributed by atoms with van der Waals surface area (Å²) in [5.41, 5.74) is 1.89. The molecule has 2 aromatic heterocycles. The largest absolute Gasteiger partial charge is 0.339 e. The van der Waals surface area contributed by atoms with Gasteiger partial charge in [-0.3, -0.25) is 9.48 Å². The molecule has 0 bridgehead atoms. The Hall–Kier alpha value is -2.96. The van der Waals surface area contributed by atoms with Crippen LogP contribution in [-0.2, 0) is 17.8 Å². The van der Waals surface area contributed by atoms with Crippen molar-refractivity contribution < 1.29 is 9.32 Å². The van der Waals surface area contributed by atoms with E-state index in [1.807, 2.05) is 55.1 Å². The Morgan fingerprint density at radius 1 is 1.28 bits per heavy atom. The number of hydrogen-bond donors (Lipinski definition) is 1. The summed E-state index contributed by atoms with van der Waals surface area (Å²) in [4.78, 5) is 16.3. The summed E-state index contributed by atoms with van der Waals surface area (Å²) in [5.74, 6) is 1.30. The first-order valence-electron chi connectivity index (χ1n) is 8.29. The molecule has 1 amide bonds. The van der Waals surface area contributed by atoms with Crippen LogP contribution < -0.4 is 5.32 Å². The number of anilines is 1. The monoisotopic (exact) mass is 339 g/mol. The molecule has 3 rings (SSSR count). The summed E-state index contributed by atoms with van der Waals surface area (Å²) in [7, 11) is 0. The predicted octanol–water partition coefficient (Wildman–Crippen LogP) is 3.01. The quantitative estimate of drug-likeness (QED) is 0.715. The third kappa shape index (κ3) is 4.76. The minimum Gasteiger partial charge on any atom is -0.339 e. The number of aromatic nitrogens is 4. The Bertz CT molecular complexity index is 806. The smallest absolute Gasteiger partial charge is 0.227 e. The number of aryl methyl sites for hydroxylation is 1. The van der Waals surface area contributed by atoms with E-state index < -0.39 is 0 Å². The third-order valence-corrected chi connectivity index (χ3v) is 3.71. The number of carbonyl (C=O) groups excluding carboxylic acids is 1. The van der Waals surface area contributed by atoms with Gasteiger partial charge in [-0.1, -0.05) is 31.1 Å². The predicted molar refractivity (Wildman–Crippen MR) is 93.1 cm³/mol. The highest BCUT2D eigenvalue weighted by Crippen LogP contribution is 2.13. The third-order valence-electron chi connectivity index (χ3n) is 3.71. The fraction of sp³-hybridized carbons (Fsp3) is 0.333. The van der Waals surface area contributed by atoms with E-state index in [0.29, 0.717) is 31.1 Å². The van der Waals surface area contributed by atoms with Gasteiger partial charge in [-0.05, 0) is 23.8 Å². The van der Waals surface area contributed by atoms with Crippen molar-refractivity contribution in [1.82, 2.24) is 19.9 Å². The van der Waals surface area contributed by atoms with Crippen LogP contribution in [0.2, 0.25) is 0 Å². The summed E-state index contributed by atoms with van der Waals surface area (Å²) < 4.78 is 6.99. The van der Waals surface area contributed by atoms with Crippen LogP contribution in [-0.4, -0.2) is 25.8 Å². The molecular weight excluding hydrogens is 318 g/mol. The van der Waals surface area contributed by atoms with Crippen LogP contribution in [0.1, 0.15) is 43.5 Å². The molecule has 1 N–H and O–H groups in total. The van der Waals surface area contributed by atoms with Gasteiger partial charge < -0.3 is 9.84 Å². The molecule has 2 heterocycles. The van der Waals surface area contributed by atoms with Gasteiger partial charge in [0.15, 0.2) is 5.82 Å². The molecule has 0 atom stereocenters. The molecule has 0 aliphatic rings. The van der Waals surface area contributed by atoms with Crippen molar-refractivity contribution in [3.63, 3.8) is 0 Å². The topological polar surface area (TPSA) is 85.8 Å². The van der Waals surface area contributed by atoms with Crippen molar-refractivity contribution in [3.8, 4) is 0 Å². The van der Waals surface area contributed by atoms with Gasteiger partial charge in [-0.25, -0.2) is 0 Å². The fourth-order valence-corrected chi connectivity index (χ4v) is 2.32. The normalized spacial score (nSPS) is 11.0. The Morgan fingerprint density at radius 3 is 2.72 bits per heavy atom. The number of benzene rings is 1. The van der Waals surface area contributed by atoms with Crippen LogP contribution in [0.4, 0.5) is 5.69 Å². The first kappa shape index (κ1) is 16.9. The van der Waals surface area contributed by atoms with E-state index >= 15 is 0 Å². The Morgan fingerprint density at radius 2 is 2.08 bits per heavy atom. The highest BCUT2D eigenvalue weighted by atomic mass is 16.5. The molecule has 0 aliphatic heterocycles. The molecule has 0 aliphatic carbocycles. The SMILES string of the molecule is CC(C)c1noc(CCC(=O)Nc2ccc(Cn3cccn3)cc2)n1. The fourth-order valence-electron chi connectivity index (χ4n) is 2.32. The van der Waals surface area contributed by atoms with Crippen LogP contribution in [0.5, 0.6) is 0 Å². The molecule has 130 valence electrons. The highest BCUT2D eigenvalue weighted by molar-refractivity contribution is 5.90. The van der Waals surface area contributed by atoms with Gasteiger partial charge in [0.1, 0.15) is 0 Å². The summed E-state index contributed by atoms with van der Waals surface area (Å²) in [6.07, 6.45) is 4.40. The lowest BCUT2D eigenvalue weighted by Gasteiger charge is -2.06. The van der Waals surface area contributed by atoms with E-state index in [2.05, 4.69) is 20.6 Å². The number of hydrogen-bond acceptors (Lipinski definition) is 5. The van der Waals surface area contributed by atoms with Gasteiger partial charge in [-0.15, -0.1) is 0 Å². The zero-order valence-corrected chi connectivity index (χ0v) is 14.3. The van der Waals surface area contributed by atoms with Crippen LogP contribution in [0.25, 0.3) is 0 Å². The van der Waals surface area contributed by atoms with Crippen molar-refractivity contribution in [2.75, 3.05) is 5.32 Å². The molecule has 7 heteroatoms. The molecule has 0 spiro atoms. The van der Waals surface area contributed by atoms with E-state index in [-0.39, 0.29) is 11.8 Å². The van der Waals surface area contributed by atoms with Gasteiger partial charge in [0, 0.05) is 36.8 Å². The minimum absolute atomic E-state index is 0.0795. The maximum atomic E-state index is 12.1. The van der Waals surface area contributed by atoms with Crippen LogP contribution in [0.3, 0.4) is 0 Å². The van der Waals surface area contributed by atoms with Crippen molar-refractivity contribution >= 4 is 11.6 Å². The van der Waals surface area contributed by atoms with Crippen molar-refractivity contribution in [2.45, 2.75) is 39.2 Å². The molecule has 0 fully saturated rings. The van der Waals surface area contributed by atoms with E-state index in [4.69, 9.17) is 4.52 Å². The summed E-state index contributed by atoms with van der Waals surface area (Å²) >= 11 is 0.